The number of rotatable bonds is 10. The van der Waals surface area contributed by atoms with E-state index in [9.17, 15) is 9.59 Å². The lowest BCUT2D eigenvalue weighted by Crippen LogP contribution is -2.12. The van der Waals surface area contributed by atoms with E-state index in [2.05, 4.69) is 6.92 Å². The Kier molecular flexibility index (Phi) is 9.68. The molecule has 3 nitrogen and oxygen atoms in total. The molecular weight excluding hydrogens is 212 g/mol. The van der Waals surface area contributed by atoms with Crippen LogP contribution < -0.4 is 0 Å². The fourth-order valence-corrected chi connectivity index (χ4v) is 2.12. The number of hydrogen-bond acceptors (Lipinski definition) is 3. The monoisotopic (exact) mass is 232 g/mol. The Bertz CT molecular complexity index is 192. The molecule has 0 rings (SSSR count). The minimum atomic E-state index is -1.31. The highest BCUT2D eigenvalue weighted by atomic mass is 32.2. The van der Waals surface area contributed by atoms with Crippen LogP contribution in [0.3, 0.4) is 0 Å². The second-order valence-corrected chi connectivity index (χ2v) is 4.73. The molecule has 0 bridgehead atoms. The molecule has 0 radical (unpaired) electrons. The second kappa shape index (κ2) is 10.0. The zero-order chi connectivity index (χ0) is 11.5. The summed E-state index contributed by atoms with van der Waals surface area (Å²) in [5, 5.41) is 8.32. The van der Waals surface area contributed by atoms with Crippen LogP contribution in [0.25, 0.3) is 0 Å². The summed E-state index contributed by atoms with van der Waals surface area (Å²) in [4.78, 5) is 20.9. The highest BCUT2D eigenvalue weighted by molar-refractivity contribution is 7.99. The normalized spacial score (nSPS) is 10.2. The Hall–Kier alpha value is -0.510. The number of carbonyl (C=O) groups is 2. The standard InChI is InChI=1S/C11H20O3S/c1-2-3-4-5-6-8-15-9-7-10(12)11(13)14/h2-9H2,1H3,(H,13,14). The third-order valence-electron chi connectivity index (χ3n) is 2.10. The third kappa shape index (κ3) is 9.79. The third-order valence-corrected chi connectivity index (χ3v) is 3.17. The maximum absolute atomic E-state index is 10.7. The first-order valence-electron chi connectivity index (χ1n) is 5.52. The number of ketones is 1. The highest BCUT2D eigenvalue weighted by Crippen LogP contribution is 2.09. The first kappa shape index (κ1) is 14.5. The topological polar surface area (TPSA) is 54.4 Å². The fourth-order valence-electron chi connectivity index (χ4n) is 1.18. The lowest BCUT2D eigenvalue weighted by Gasteiger charge is -2.00. The highest BCUT2D eigenvalue weighted by Gasteiger charge is 2.09. The molecule has 0 aromatic heterocycles. The largest absolute Gasteiger partial charge is 0.476 e. The Labute approximate surface area is 95.6 Å². The molecule has 0 aliphatic rings. The summed E-state index contributed by atoms with van der Waals surface area (Å²) in [5.74, 6) is -0.303. The van der Waals surface area contributed by atoms with Gasteiger partial charge in [-0.3, -0.25) is 4.79 Å². The van der Waals surface area contributed by atoms with Crippen molar-refractivity contribution < 1.29 is 14.7 Å². The van der Waals surface area contributed by atoms with Crippen LogP contribution in [0.2, 0.25) is 0 Å². The van der Waals surface area contributed by atoms with Crippen LogP contribution in [-0.2, 0) is 9.59 Å². The van der Waals surface area contributed by atoms with Gasteiger partial charge >= 0.3 is 5.97 Å². The van der Waals surface area contributed by atoms with E-state index >= 15 is 0 Å². The number of Topliss-reactive ketones (excluding diaryl/α,β-unsaturated/α-hetero) is 1. The Morgan fingerprint density at radius 3 is 2.33 bits per heavy atom. The SMILES string of the molecule is CCCCCCCSCCC(=O)C(=O)O. The van der Waals surface area contributed by atoms with Crippen LogP contribution in [0, 0.1) is 0 Å². The van der Waals surface area contributed by atoms with Gasteiger partial charge in [0.25, 0.3) is 0 Å². The molecule has 0 atom stereocenters. The number of carbonyl (C=O) groups excluding carboxylic acids is 1. The van der Waals surface area contributed by atoms with Gasteiger partial charge in [-0.1, -0.05) is 32.6 Å². The molecule has 0 aromatic carbocycles. The van der Waals surface area contributed by atoms with Crippen molar-refractivity contribution in [3.63, 3.8) is 0 Å². The maximum Gasteiger partial charge on any atom is 0.372 e. The van der Waals surface area contributed by atoms with Crippen LogP contribution in [-0.4, -0.2) is 28.4 Å². The summed E-state index contributed by atoms with van der Waals surface area (Å²) in [6.07, 6.45) is 6.40. The molecule has 88 valence electrons. The molecule has 0 saturated heterocycles. The smallest absolute Gasteiger partial charge is 0.372 e. The summed E-state index contributed by atoms with van der Waals surface area (Å²) in [6.45, 7) is 2.19. The van der Waals surface area contributed by atoms with Crippen LogP contribution >= 0.6 is 11.8 Å². The Morgan fingerprint density at radius 1 is 1.07 bits per heavy atom. The Balaban J connectivity index is 3.11. The van der Waals surface area contributed by atoms with Crippen LogP contribution in [0.5, 0.6) is 0 Å². The molecular formula is C11H20O3S. The predicted octanol–water partition coefficient (Wildman–Crippen LogP) is 2.73. The van der Waals surface area contributed by atoms with Crippen molar-refractivity contribution in [2.24, 2.45) is 0 Å². The van der Waals surface area contributed by atoms with Crippen molar-refractivity contribution in [3.05, 3.63) is 0 Å². The first-order valence-corrected chi connectivity index (χ1v) is 6.67. The van der Waals surface area contributed by atoms with E-state index in [-0.39, 0.29) is 6.42 Å². The number of aliphatic carboxylic acids is 1. The minimum absolute atomic E-state index is 0.162. The number of unbranched alkanes of at least 4 members (excludes halogenated alkanes) is 4. The molecule has 0 fully saturated rings. The molecule has 0 amide bonds. The molecule has 0 aliphatic heterocycles. The van der Waals surface area contributed by atoms with Crippen molar-refractivity contribution >= 4 is 23.5 Å². The van der Waals surface area contributed by atoms with Crippen molar-refractivity contribution in [1.82, 2.24) is 0 Å². The van der Waals surface area contributed by atoms with Gasteiger partial charge in [0.2, 0.25) is 5.78 Å². The minimum Gasteiger partial charge on any atom is -0.476 e. The molecule has 0 heterocycles. The maximum atomic E-state index is 10.7. The number of carboxylic acid groups (broad SMARTS) is 1. The molecule has 4 heteroatoms. The average molecular weight is 232 g/mol. The zero-order valence-corrected chi connectivity index (χ0v) is 10.1. The van der Waals surface area contributed by atoms with Crippen molar-refractivity contribution in [2.75, 3.05) is 11.5 Å². The fraction of sp³-hybridized carbons (Fsp3) is 0.818. The molecule has 0 unspecified atom stereocenters. The first-order chi connectivity index (χ1) is 7.18. The van der Waals surface area contributed by atoms with Gasteiger partial charge < -0.3 is 5.11 Å². The van der Waals surface area contributed by atoms with Gasteiger partial charge in [-0.15, -0.1) is 0 Å². The average Bonchev–Trinajstić information content (AvgIpc) is 2.21. The summed E-state index contributed by atoms with van der Waals surface area (Å²) < 4.78 is 0. The second-order valence-electron chi connectivity index (χ2n) is 3.50. The van der Waals surface area contributed by atoms with Gasteiger partial charge in [0, 0.05) is 12.2 Å². The summed E-state index contributed by atoms with van der Waals surface area (Å²) >= 11 is 1.67. The molecule has 0 aromatic rings. The molecule has 0 saturated carbocycles. The molecule has 1 N–H and O–H groups in total. The lowest BCUT2D eigenvalue weighted by atomic mass is 10.2. The van der Waals surface area contributed by atoms with E-state index in [0.29, 0.717) is 5.75 Å². The number of thioether (sulfide) groups is 1. The molecule has 0 spiro atoms. The zero-order valence-electron chi connectivity index (χ0n) is 9.33. The lowest BCUT2D eigenvalue weighted by molar-refractivity contribution is -0.148. The number of hydrogen-bond donors (Lipinski definition) is 1. The van der Waals surface area contributed by atoms with Gasteiger partial charge in [0.1, 0.15) is 0 Å². The molecule has 15 heavy (non-hydrogen) atoms. The molecule has 0 aliphatic carbocycles. The van der Waals surface area contributed by atoms with E-state index in [1.165, 1.54) is 32.1 Å². The van der Waals surface area contributed by atoms with Gasteiger partial charge in [0.15, 0.2) is 0 Å². The van der Waals surface area contributed by atoms with E-state index in [4.69, 9.17) is 5.11 Å². The van der Waals surface area contributed by atoms with Crippen molar-refractivity contribution in [1.29, 1.82) is 0 Å². The summed E-state index contributed by atoms with van der Waals surface area (Å²) in [6, 6.07) is 0. The summed E-state index contributed by atoms with van der Waals surface area (Å²) in [7, 11) is 0. The van der Waals surface area contributed by atoms with E-state index in [0.717, 1.165) is 5.75 Å². The van der Waals surface area contributed by atoms with Crippen LogP contribution in [0.1, 0.15) is 45.4 Å². The van der Waals surface area contributed by atoms with E-state index < -0.39 is 11.8 Å². The van der Waals surface area contributed by atoms with Gasteiger partial charge in [-0.05, 0) is 12.2 Å². The van der Waals surface area contributed by atoms with Gasteiger partial charge in [-0.2, -0.15) is 11.8 Å². The van der Waals surface area contributed by atoms with Gasteiger partial charge in [-0.25, -0.2) is 4.79 Å². The van der Waals surface area contributed by atoms with E-state index in [1.807, 2.05) is 0 Å². The van der Waals surface area contributed by atoms with Crippen molar-refractivity contribution in [2.45, 2.75) is 45.4 Å². The van der Waals surface area contributed by atoms with Crippen LogP contribution in [0.15, 0.2) is 0 Å². The predicted molar refractivity (Wildman–Crippen MR) is 63.3 cm³/mol. The van der Waals surface area contributed by atoms with Crippen molar-refractivity contribution in [3.8, 4) is 0 Å². The van der Waals surface area contributed by atoms with Crippen LogP contribution in [0.4, 0.5) is 0 Å². The van der Waals surface area contributed by atoms with Gasteiger partial charge in [0.05, 0.1) is 0 Å². The number of carboxylic acids is 1. The van der Waals surface area contributed by atoms with E-state index in [1.54, 1.807) is 11.8 Å². The quantitative estimate of drug-likeness (QED) is 0.465. The summed E-state index contributed by atoms with van der Waals surface area (Å²) in [5.41, 5.74) is 0. The Morgan fingerprint density at radius 2 is 1.73 bits per heavy atom.